The molecule has 0 amide bonds. The van der Waals surface area contributed by atoms with Gasteiger partial charge in [-0.05, 0) is 35.9 Å². The van der Waals surface area contributed by atoms with E-state index in [0.29, 0.717) is 5.65 Å². The molecule has 2 aromatic heterocycles. The zero-order chi connectivity index (χ0) is 15.9. The first-order valence-electron chi connectivity index (χ1n) is 5.82. The molecule has 1 atom stereocenters. The average Bonchev–Trinajstić information content (AvgIpc) is 2.87. The van der Waals surface area contributed by atoms with E-state index in [4.69, 9.17) is 11.6 Å². The van der Waals surface area contributed by atoms with Crippen molar-refractivity contribution in [3.05, 3.63) is 47.4 Å². The fourth-order valence-electron chi connectivity index (χ4n) is 1.75. The lowest BCUT2D eigenvalue weighted by molar-refractivity contribution is -0.137. The Kier molecular flexibility index (Phi) is 3.61. The number of alkyl halides is 3. The van der Waals surface area contributed by atoms with Crippen LogP contribution >= 0.6 is 11.6 Å². The summed E-state index contributed by atoms with van der Waals surface area (Å²) in [5.41, 5.74) is -0.506. The Labute approximate surface area is 129 Å². The number of halogens is 4. The normalized spacial score (nSPS) is 13.5. The third-order valence-electron chi connectivity index (χ3n) is 2.81. The number of fused-ring (bicyclic) bond motifs is 1. The molecule has 3 rings (SSSR count). The molecule has 0 aliphatic heterocycles. The largest absolute Gasteiger partial charge is 0.416 e. The summed E-state index contributed by atoms with van der Waals surface area (Å²) in [5.74, 6) is 0. The van der Waals surface area contributed by atoms with Crippen LogP contribution in [0, 0.1) is 0 Å². The lowest BCUT2D eigenvalue weighted by Gasteiger charge is -2.07. The third kappa shape index (κ3) is 2.69. The standard InChI is InChI=1S/C12H6ClF3N4OS/c13-11-19-18-10-5-9(6-17-20(10)11)22(21)8-3-1-7(2-4-8)12(14,15)16/h1-6H. The first kappa shape index (κ1) is 14.9. The summed E-state index contributed by atoms with van der Waals surface area (Å²) in [4.78, 5) is 0.515. The molecule has 2 heterocycles. The molecule has 10 heteroatoms. The van der Waals surface area contributed by atoms with Gasteiger partial charge in [0.2, 0.25) is 5.28 Å². The highest BCUT2D eigenvalue weighted by Crippen LogP contribution is 2.30. The molecule has 0 fully saturated rings. The van der Waals surface area contributed by atoms with Gasteiger partial charge in [-0.2, -0.15) is 22.8 Å². The van der Waals surface area contributed by atoms with Gasteiger partial charge >= 0.3 is 6.18 Å². The molecule has 0 aliphatic rings. The molecule has 0 aliphatic carbocycles. The fraction of sp³-hybridized carbons (Fsp3) is 0.0833. The van der Waals surface area contributed by atoms with Crippen molar-refractivity contribution in [3.8, 4) is 0 Å². The monoisotopic (exact) mass is 346 g/mol. The molecule has 0 N–H and O–H groups in total. The van der Waals surface area contributed by atoms with Crippen LogP contribution in [0.15, 0.2) is 46.3 Å². The van der Waals surface area contributed by atoms with Crippen LogP contribution < -0.4 is 0 Å². The molecule has 0 radical (unpaired) electrons. The van der Waals surface area contributed by atoms with E-state index >= 15 is 0 Å². The van der Waals surface area contributed by atoms with Gasteiger partial charge in [0, 0.05) is 11.0 Å². The summed E-state index contributed by atoms with van der Waals surface area (Å²) >= 11 is 5.73. The molecule has 0 bridgehead atoms. The van der Waals surface area contributed by atoms with Crippen molar-refractivity contribution in [2.75, 3.05) is 0 Å². The van der Waals surface area contributed by atoms with Gasteiger partial charge in [-0.1, -0.05) is 0 Å². The lowest BCUT2D eigenvalue weighted by atomic mass is 10.2. The first-order valence-corrected chi connectivity index (χ1v) is 7.35. The Balaban J connectivity index is 1.95. The smallest absolute Gasteiger partial charge is 0.249 e. The number of hydrogen-bond acceptors (Lipinski definition) is 4. The Hall–Kier alpha value is -2.00. The van der Waals surface area contributed by atoms with Gasteiger partial charge in [0.05, 0.1) is 27.5 Å². The van der Waals surface area contributed by atoms with E-state index in [1.807, 2.05) is 0 Å². The average molecular weight is 347 g/mol. The quantitative estimate of drug-likeness (QED) is 0.715. The van der Waals surface area contributed by atoms with Crippen LogP contribution in [0.5, 0.6) is 0 Å². The van der Waals surface area contributed by atoms with Gasteiger partial charge in [-0.25, -0.2) is 4.21 Å². The highest BCUT2D eigenvalue weighted by molar-refractivity contribution is 7.85. The van der Waals surface area contributed by atoms with Gasteiger partial charge in [0.1, 0.15) is 0 Å². The molecular formula is C12H6ClF3N4OS. The number of aromatic nitrogens is 4. The van der Waals surface area contributed by atoms with Crippen LogP contribution in [0.4, 0.5) is 13.2 Å². The van der Waals surface area contributed by atoms with Crippen LogP contribution in [-0.2, 0) is 17.0 Å². The molecule has 5 nitrogen and oxygen atoms in total. The predicted molar refractivity (Wildman–Crippen MR) is 71.9 cm³/mol. The molecule has 114 valence electrons. The van der Waals surface area contributed by atoms with Gasteiger partial charge in [0.25, 0.3) is 0 Å². The Bertz CT molecular complexity index is 863. The van der Waals surface area contributed by atoms with Crippen molar-refractivity contribution >= 4 is 28.0 Å². The molecular weight excluding hydrogens is 341 g/mol. The Morgan fingerprint density at radius 3 is 2.41 bits per heavy atom. The summed E-state index contributed by atoms with van der Waals surface area (Å²) in [6.07, 6.45) is -3.13. The van der Waals surface area contributed by atoms with Crippen molar-refractivity contribution in [2.45, 2.75) is 16.0 Å². The minimum atomic E-state index is -4.43. The molecule has 22 heavy (non-hydrogen) atoms. The van der Waals surface area contributed by atoms with Crippen molar-refractivity contribution in [1.82, 2.24) is 19.8 Å². The Morgan fingerprint density at radius 1 is 1.09 bits per heavy atom. The highest BCUT2D eigenvalue weighted by Gasteiger charge is 2.30. The van der Waals surface area contributed by atoms with Crippen LogP contribution in [0.25, 0.3) is 5.65 Å². The van der Waals surface area contributed by atoms with E-state index in [1.165, 1.54) is 28.9 Å². The third-order valence-corrected chi connectivity index (χ3v) is 4.40. The summed E-state index contributed by atoms with van der Waals surface area (Å²) in [6.45, 7) is 0. The summed E-state index contributed by atoms with van der Waals surface area (Å²) in [5, 5.41) is 11.3. The minimum Gasteiger partial charge on any atom is -0.249 e. The summed E-state index contributed by atoms with van der Waals surface area (Å²) in [6, 6.07) is 5.56. The topological polar surface area (TPSA) is 60.2 Å². The Morgan fingerprint density at radius 2 is 1.77 bits per heavy atom. The van der Waals surface area contributed by atoms with Crippen LogP contribution in [0.2, 0.25) is 5.28 Å². The van der Waals surface area contributed by atoms with Crippen molar-refractivity contribution in [3.63, 3.8) is 0 Å². The van der Waals surface area contributed by atoms with Crippen molar-refractivity contribution in [1.29, 1.82) is 0 Å². The van der Waals surface area contributed by atoms with E-state index < -0.39 is 22.5 Å². The van der Waals surface area contributed by atoms with Crippen molar-refractivity contribution in [2.24, 2.45) is 0 Å². The lowest BCUT2D eigenvalue weighted by Crippen LogP contribution is -2.05. The van der Waals surface area contributed by atoms with Crippen molar-refractivity contribution < 1.29 is 17.4 Å². The molecule has 1 unspecified atom stereocenters. The molecule has 1 aromatic carbocycles. The van der Waals surface area contributed by atoms with Gasteiger partial charge < -0.3 is 0 Å². The maximum atomic E-state index is 12.5. The second-order valence-corrected chi connectivity index (χ2v) is 6.04. The van der Waals surface area contributed by atoms with Crippen LogP contribution in [0.3, 0.4) is 0 Å². The second kappa shape index (κ2) is 5.33. The predicted octanol–water partition coefficient (Wildman–Crippen LogP) is 2.96. The molecule has 0 spiro atoms. The molecule has 0 saturated heterocycles. The van der Waals surface area contributed by atoms with Gasteiger partial charge in [-0.15, -0.1) is 10.2 Å². The summed E-state index contributed by atoms with van der Waals surface area (Å²) < 4.78 is 51.1. The van der Waals surface area contributed by atoms with E-state index in [1.54, 1.807) is 0 Å². The van der Waals surface area contributed by atoms with Gasteiger partial charge in [-0.3, -0.25) is 0 Å². The van der Waals surface area contributed by atoms with E-state index in [0.717, 1.165) is 12.1 Å². The van der Waals surface area contributed by atoms with E-state index in [-0.39, 0.29) is 15.1 Å². The molecule has 0 saturated carbocycles. The van der Waals surface area contributed by atoms with Crippen LogP contribution in [0.1, 0.15) is 5.56 Å². The maximum absolute atomic E-state index is 12.5. The number of benzene rings is 1. The molecule has 3 aromatic rings. The van der Waals surface area contributed by atoms with Crippen LogP contribution in [-0.4, -0.2) is 24.0 Å². The summed E-state index contributed by atoms with van der Waals surface area (Å²) in [7, 11) is -1.68. The fourth-order valence-corrected chi connectivity index (χ4v) is 2.93. The number of rotatable bonds is 2. The van der Waals surface area contributed by atoms with Gasteiger partial charge in [0.15, 0.2) is 5.65 Å². The SMILES string of the molecule is O=S(c1ccc(C(F)(F)F)cc1)c1cnn2c(Cl)nnc2c1. The minimum absolute atomic E-state index is 0.0573. The maximum Gasteiger partial charge on any atom is 0.416 e. The highest BCUT2D eigenvalue weighted by atomic mass is 35.5. The number of nitrogens with zero attached hydrogens (tertiary/aromatic N) is 4. The number of hydrogen-bond donors (Lipinski definition) is 0. The zero-order valence-electron chi connectivity index (χ0n) is 10.6. The van der Waals surface area contributed by atoms with E-state index in [2.05, 4.69) is 15.3 Å². The zero-order valence-corrected chi connectivity index (χ0v) is 12.2. The first-order chi connectivity index (χ1) is 10.4. The van der Waals surface area contributed by atoms with E-state index in [9.17, 15) is 17.4 Å². The second-order valence-electron chi connectivity index (χ2n) is 4.22.